The first-order valence-corrected chi connectivity index (χ1v) is 9.38. The molecule has 0 N–H and O–H groups in total. The van der Waals surface area contributed by atoms with Crippen molar-refractivity contribution >= 4 is 16.7 Å². The number of hydrogen-bond acceptors (Lipinski definition) is 6. The molecule has 0 saturated carbocycles. The van der Waals surface area contributed by atoms with Crippen LogP contribution in [0.15, 0.2) is 48.6 Å². The molecule has 6 nitrogen and oxygen atoms in total. The monoisotopic (exact) mass is 388 g/mol. The highest BCUT2D eigenvalue weighted by molar-refractivity contribution is 5.89. The summed E-state index contributed by atoms with van der Waals surface area (Å²) in [5, 5.41) is 2.11. The molecule has 0 spiro atoms. The normalized spacial score (nSPS) is 10.6. The second kappa shape index (κ2) is 12.0. The van der Waals surface area contributed by atoms with E-state index in [1.807, 2.05) is 43.3 Å². The first-order chi connectivity index (χ1) is 13.6. The predicted octanol–water partition coefficient (Wildman–Crippen LogP) is 3.77. The van der Waals surface area contributed by atoms with Gasteiger partial charge in [-0.05, 0) is 43.5 Å². The second-order valence-electron chi connectivity index (χ2n) is 6.06. The standard InChI is InChI=1S/C22H28O6/c1-4-26-19-8-9-20-18(16-19)6-5-7-21(20)27-14-12-24-10-11-25-13-15-28-22(23)17(2)3/h5-9,16H,2,4,10-15H2,1,3H3. The van der Waals surface area contributed by atoms with E-state index in [4.69, 9.17) is 23.7 Å². The summed E-state index contributed by atoms with van der Waals surface area (Å²) in [4.78, 5) is 11.2. The van der Waals surface area contributed by atoms with Crippen LogP contribution in [0, 0.1) is 0 Å². The molecule has 2 aromatic carbocycles. The first kappa shape index (κ1) is 21.7. The number of carbonyl (C=O) groups excluding carboxylic acids is 1. The fraction of sp³-hybridized carbons (Fsp3) is 0.409. The molecule has 6 heteroatoms. The molecule has 0 bridgehead atoms. The summed E-state index contributed by atoms with van der Waals surface area (Å²) in [6.07, 6.45) is 0. The number of carbonyl (C=O) groups is 1. The Balaban J connectivity index is 1.61. The zero-order valence-corrected chi connectivity index (χ0v) is 16.6. The summed E-state index contributed by atoms with van der Waals surface area (Å²) in [5.74, 6) is 1.27. The molecule has 28 heavy (non-hydrogen) atoms. The minimum absolute atomic E-state index is 0.209. The summed E-state index contributed by atoms with van der Waals surface area (Å²) in [6.45, 7) is 10.0. The number of hydrogen-bond donors (Lipinski definition) is 0. The van der Waals surface area contributed by atoms with E-state index in [0.29, 0.717) is 45.2 Å². The maximum atomic E-state index is 11.2. The number of fused-ring (bicyclic) bond motifs is 1. The summed E-state index contributed by atoms with van der Waals surface area (Å²) in [6, 6.07) is 11.9. The van der Waals surface area contributed by atoms with Crippen LogP contribution < -0.4 is 9.47 Å². The van der Waals surface area contributed by atoms with Crippen molar-refractivity contribution in [2.24, 2.45) is 0 Å². The maximum Gasteiger partial charge on any atom is 0.333 e. The number of esters is 1. The topological polar surface area (TPSA) is 63.2 Å². The fourth-order valence-corrected chi connectivity index (χ4v) is 2.46. The largest absolute Gasteiger partial charge is 0.494 e. The van der Waals surface area contributed by atoms with E-state index in [2.05, 4.69) is 6.58 Å². The van der Waals surface area contributed by atoms with Crippen LogP contribution in [0.2, 0.25) is 0 Å². The third kappa shape index (κ3) is 7.21. The molecule has 0 atom stereocenters. The van der Waals surface area contributed by atoms with Crippen molar-refractivity contribution in [2.45, 2.75) is 13.8 Å². The zero-order chi connectivity index (χ0) is 20.2. The Kier molecular flexibility index (Phi) is 9.31. The number of benzene rings is 2. The minimum atomic E-state index is -0.403. The average Bonchev–Trinajstić information content (AvgIpc) is 2.69. The molecule has 0 aliphatic carbocycles. The summed E-state index contributed by atoms with van der Waals surface area (Å²) in [7, 11) is 0. The fourth-order valence-electron chi connectivity index (χ4n) is 2.46. The van der Waals surface area contributed by atoms with Crippen LogP contribution in [0.25, 0.3) is 10.8 Å². The van der Waals surface area contributed by atoms with Gasteiger partial charge in [-0.2, -0.15) is 0 Å². The van der Waals surface area contributed by atoms with E-state index in [0.717, 1.165) is 22.3 Å². The molecule has 2 aromatic rings. The molecule has 0 amide bonds. The van der Waals surface area contributed by atoms with Gasteiger partial charge in [-0.3, -0.25) is 0 Å². The zero-order valence-electron chi connectivity index (χ0n) is 16.6. The van der Waals surface area contributed by atoms with E-state index in [1.165, 1.54) is 0 Å². The molecule has 0 unspecified atom stereocenters. The lowest BCUT2D eigenvalue weighted by Gasteiger charge is -2.11. The highest BCUT2D eigenvalue weighted by Crippen LogP contribution is 2.28. The Hall–Kier alpha value is -2.57. The van der Waals surface area contributed by atoms with E-state index < -0.39 is 5.97 Å². The van der Waals surface area contributed by atoms with E-state index >= 15 is 0 Å². The smallest absolute Gasteiger partial charge is 0.333 e. The molecule has 0 fully saturated rings. The average molecular weight is 388 g/mol. The van der Waals surface area contributed by atoms with Crippen molar-refractivity contribution in [1.29, 1.82) is 0 Å². The summed E-state index contributed by atoms with van der Waals surface area (Å²) in [5.41, 5.74) is 0.379. The van der Waals surface area contributed by atoms with Gasteiger partial charge < -0.3 is 23.7 Å². The van der Waals surface area contributed by atoms with E-state index in [1.54, 1.807) is 6.92 Å². The van der Waals surface area contributed by atoms with Gasteiger partial charge >= 0.3 is 5.97 Å². The Morgan fingerprint density at radius 2 is 1.64 bits per heavy atom. The van der Waals surface area contributed by atoms with Crippen molar-refractivity contribution in [2.75, 3.05) is 46.2 Å². The molecular formula is C22H28O6. The van der Waals surface area contributed by atoms with Gasteiger partial charge in [0.05, 0.1) is 33.0 Å². The van der Waals surface area contributed by atoms with Crippen molar-refractivity contribution in [3.8, 4) is 11.5 Å². The molecule has 0 heterocycles. The van der Waals surface area contributed by atoms with Crippen LogP contribution in [0.1, 0.15) is 13.8 Å². The van der Waals surface area contributed by atoms with E-state index in [-0.39, 0.29) is 6.61 Å². The predicted molar refractivity (Wildman–Crippen MR) is 108 cm³/mol. The Morgan fingerprint density at radius 3 is 2.36 bits per heavy atom. The van der Waals surface area contributed by atoms with Crippen LogP contribution in [-0.2, 0) is 19.0 Å². The maximum absolute atomic E-state index is 11.2. The number of rotatable bonds is 13. The molecular weight excluding hydrogens is 360 g/mol. The van der Waals surface area contributed by atoms with Crippen molar-refractivity contribution in [1.82, 2.24) is 0 Å². The van der Waals surface area contributed by atoms with Gasteiger partial charge in [0.1, 0.15) is 24.7 Å². The minimum Gasteiger partial charge on any atom is -0.494 e. The van der Waals surface area contributed by atoms with Crippen LogP contribution in [0.5, 0.6) is 11.5 Å². The van der Waals surface area contributed by atoms with Crippen molar-refractivity contribution in [3.63, 3.8) is 0 Å². The van der Waals surface area contributed by atoms with Gasteiger partial charge in [-0.1, -0.05) is 18.7 Å². The molecule has 0 aliphatic rings. The van der Waals surface area contributed by atoms with Crippen LogP contribution in [0.3, 0.4) is 0 Å². The first-order valence-electron chi connectivity index (χ1n) is 9.38. The summed E-state index contributed by atoms with van der Waals surface area (Å²) < 4.78 is 27.1. The van der Waals surface area contributed by atoms with Crippen LogP contribution in [0.4, 0.5) is 0 Å². The Morgan fingerprint density at radius 1 is 0.929 bits per heavy atom. The molecule has 2 rings (SSSR count). The molecule has 0 aliphatic heterocycles. The third-order valence-corrected chi connectivity index (χ3v) is 3.79. The quantitative estimate of drug-likeness (QED) is 0.296. The molecule has 0 saturated heterocycles. The van der Waals surface area contributed by atoms with Gasteiger partial charge in [-0.25, -0.2) is 4.79 Å². The molecule has 152 valence electrons. The van der Waals surface area contributed by atoms with Gasteiger partial charge in [0, 0.05) is 11.0 Å². The van der Waals surface area contributed by atoms with Gasteiger partial charge in [0.15, 0.2) is 0 Å². The molecule has 0 radical (unpaired) electrons. The third-order valence-electron chi connectivity index (χ3n) is 3.79. The van der Waals surface area contributed by atoms with Crippen molar-refractivity contribution in [3.05, 3.63) is 48.6 Å². The SMILES string of the molecule is C=C(C)C(=O)OCCOCCOCCOc1cccc2cc(OCC)ccc12. The van der Waals surface area contributed by atoms with Crippen LogP contribution in [-0.4, -0.2) is 52.2 Å². The lowest BCUT2D eigenvalue weighted by atomic mass is 10.1. The Labute approximate surface area is 166 Å². The number of ether oxygens (including phenoxy) is 5. The lowest BCUT2D eigenvalue weighted by molar-refractivity contribution is -0.140. The van der Waals surface area contributed by atoms with Gasteiger partial charge in [0.25, 0.3) is 0 Å². The van der Waals surface area contributed by atoms with E-state index in [9.17, 15) is 4.79 Å². The van der Waals surface area contributed by atoms with Crippen molar-refractivity contribution < 1.29 is 28.5 Å². The van der Waals surface area contributed by atoms with Gasteiger partial charge in [-0.15, -0.1) is 0 Å². The second-order valence-corrected chi connectivity index (χ2v) is 6.06. The Bertz CT molecular complexity index is 771. The lowest BCUT2D eigenvalue weighted by Crippen LogP contribution is -2.14. The van der Waals surface area contributed by atoms with Gasteiger partial charge in [0.2, 0.25) is 0 Å². The highest BCUT2D eigenvalue weighted by Gasteiger charge is 2.04. The van der Waals surface area contributed by atoms with Crippen LogP contribution >= 0.6 is 0 Å². The molecule has 0 aromatic heterocycles. The summed E-state index contributed by atoms with van der Waals surface area (Å²) >= 11 is 0. The highest BCUT2D eigenvalue weighted by atomic mass is 16.6.